The number of rotatable bonds is 2. The van der Waals surface area contributed by atoms with Gasteiger partial charge < -0.3 is 0 Å². The lowest BCUT2D eigenvalue weighted by atomic mass is 9.70. The second-order valence-corrected chi connectivity index (χ2v) is 7.23. The highest BCUT2D eigenvalue weighted by Crippen LogP contribution is 2.52. The zero-order chi connectivity index (χ0) is 13.6. The molecule has 0 amide bonds. The largest absolute Gasteiger partial charge is 0.0847 e. The van der Waals surface area contributed by atoms with Crippen LogP contribution in [0.25, 0.3) is 5.57 Å². The molecule has 0 spiro atoms. The Morgan fingerprint density at radius 3 is 2.74 bits per heavy atom. The molecule has 0 heterocycles. The highest BCUT2D eigenvalue weighted by molar-refractivity contribution is 9.10. The standard InChI is InChI=1S/C18H21Br/c1-12-11-15(14-9-6-10-16(19)17(12)14)18(2,3)13-7-4-5-8-13/h6-7,9-11,15H,4-5,8H2,1-3H3. The number of halogens is 1. The summed E-state index contributed by atoms with van der Waals surface area (Å²) in [6.45, 7) is 7.06. The van der Waals surface area contributed by atoms with Crippen molar-refractivity contribution in [3.8, 4) is 0 Å². The van der Waals surface area contributed by atoms with E-state index in [9.17, 15) is 0 Å². The number of allylic oxidation sites excluding steroid dienone is 4. The third-order valence-electron chi connectivity index (χ3n) is 4.84. The zero-order valence-electron chi connectivity index (χ0n) is 12.0. The van der Waals surface area contributed by atoms with Crippen molar-refractivity contribution in [1.82, 2.24) is 0 Å². The van der Waals surface area contributed by atoms with Gasteiger partial charge in [0.2, 0.25) is 0 Å². The maximum absolute atomic E-state index is 3.71. The normalized spacial score (nSPS) is 22.2. The first-order valence-electron chi connectivity index (χ1n) is 7.18. The molecular formula is C18H21Br. The van der Waals surface area contributed by atoms with Gasteiger partial charge in [0.1, 0.15) is 0 Å². The quantitative estimate of drug-likeness (QED) is 0.579. The van der Waals surface area contributed by atoms with E-state index in [2.05, 4.69) is 67.1 Å². The molecule has 0 nitrogen and oxygen atoms in total. The van der Waals surface area contributed by atoms with E-state index >= 15 is 0 Å². The molecule has 0 fully saturated rings. The van der Waals surface area contributed by atoms with Gasteiger partial charge in [-0.15, -0.1) is 0 Å². The van der Waals surface area contributed by atoms with Crippen molar-refractivity contribution in [3.63, 3.8) is 0 Å². The van der Waals surface area contributed by atoms with Crippen molar-refractivity contribution >= 4 is 21.5 Å². The summed E-state index contributed by atoms with van der Waals surface area (Å²) in [5.74, 6) is 0.518. The van der Waals surface area contributed by atoms with Crippen LogP contribution in [0, 0.1) is 5.41 Å². The summed E-state index contributed by atoms with van der Waals surface area (Å²) in [6, 6.07) is 6.62. The van der Waals surface area contributed by atoms with Crippen molar-refractivity contribution < 1.29 is 0 Å². The Morgan fingerprint density at radius 1 is 1.26 bits per heavy atom. The zero-order valence-corrected chi connectivity index (χ0v) is 13.5. The number of benzene rings is 1. The lowest BCUT2D eigenvalue weighted by Gasteiger charge is -2.33. The molecule has 1 atom stereocenters. The number of hydrogen-bond acceptors (Lipinski definition) is 0. The molecule has 100 valence electrons. The van der Waals surface area contributed by atoms with Crippen LogP contribution < -0.4 is 0 Å². The average molecular weight is 317 g/mol. The van der Waals surface area contributed by atoms with E-state index in [0.717, 1.165) is 0 Å². The van der Waals surface area contributed by atoms with Crippen LogP contribution in [0.4, 0.5) is 0 Å². The summed E-state index contributed by atoms with van der Waals surface area (Å²) in [6.07, 6.45) is 8.81. The van der Waals surface area contributed by atoms with Gasteiger partial charge >= 0.3 is 0 Å². The highest BCUT2D eigenvalue weighted by atomic mass is 79.9. The first-order valence-corrected chi connectivity index (χ1v) is 7.98. The van der Waals surface area contributed by atoms with E-state index in [1.807, 2.05) is 0 Å². The van der Waals surface area contributed by atoms with Gasteiger partial charge in [-0.05, 0) is 54.4 Å². The first kappa shape index (κ1) is 13.2. The monoisotopic (exact) mass is 316 g/mol. The Labute approximate surface area is 124 Å². The second-order valence-electron chi connectivity index (χ2n) is 6.37. The maximum Gasteiger partial charge on any atom is 0.0253 e. The van der Waals surface area contributed by atoms with Crippen LogP contribution >= 0.6 is 15.9 Å². The van der Waals surface area contributed by atoms with Crippen molar-refractivity contribution in [2.45, 2.75) is 46.0 Å². The molecule has 0 saturated heterocycles. The first-order chi connectivity index (χ1) is 9.01. The van der Waals surface area contributed by atoms with Gasteiger partial charge in [0.15, 0.2) is 0 Å². The van der Waals surface area contributed by atoms with Crippen LogP contribution in [0.2, 0.25) is 0 Å². The van der Waals surface area contributed by atoms with Gasteiger partial charge in [0, 0.05) is 10.4 Å². The Hall–Kier alpha value is -0.820. The molecule has 0 N–H and O–H groups in total. The van der Waals surface area contributed by atoms with Crippen LogP contribution in [-0.2, 0) is 0 Å². The van der Waals surface area contributed by atoms with Gasteiger partial charge in [0.05, 0.1) is 0 Å². The SMILES string of the molecule is CC1=CC(C(C)(C)C2=CCCC2)c2cccc(Br)c21. The number of hydrogen-bond donors (Lipinski definition) is 0. The van der Waals surface area contributed by atoms with Crippen molar-refractivity contribution in [2.75, 3.05) is 0 Å². The Balaban J connectivity index is 2.07. The lowest BCUT2D eigenvalue weighted by molar-refractivity contribution is 0.391. The summed E-state index contributed by atoms with van der Waals surface area (Å²) < 4.78 is 1.23. The van der Waals surface area contributed by atoms with E-state index in [-0.39, 0.29) is 5.41 Å². The fourth-order valence-electron chi connectivity index (χ4n) is 3.69. The Morgan fingerprint density at radius 2 is 2.05 bits per heavy atom. The minimum Gasteiger partial charge on any atom is -0.0847 e. The van der Waals surface area contributed by atoms with Gasteiger partial charge in [0.25, 0.3) is 0 Å². The minimum absolute atomic E-state index is 0.240. The van der Waals surface area contributed by atoms with Crippen LogP contribution in [0.15, 0.2) is 40.4 Å². The molecular weight excluding hydrogens is 296 g/mol. The van der Waals surface area contributed by atoms with E-state index in [0.29, 0.717) is 5.92 Å². The fraction of sp³-hybridized carbons (Fsp3) is 0.444. The minimum atomic E-state index is 0.240. The predicted molar refractivity (Wildman–Crippen MR) is 86.2 cm³/mol. The molecule has 0 aliphatic heterocycles. The van der Waals surface area contributed by atoms with Crippen LogP contribution in [0.3, 0.4) is 0 Å². The van der Waals surface area contributed by atoms with Gasteiger partial charge in [-0.1, -0.05) is 59.6 Å². The Kier molecular flexibility index (Phi) is 3.21. The van der Waals surface area contributed by atoms with E-state index in [1.165, 1.54) is 40.4 Å². The predicted octanol–water partition coefficient (Wildman–Crippen LogP) is 6.09. The molecule has 0 radical (unpaired) electrons. The topological polar surface area (TPSA) is 0 Å². The molecule has 2 aliphatic rings. The third kappa shape index (κ3) is 2.03. The summed E-state index contributed by atoms with van der Waals surface area (Å²) in [5, 5.41) is 0. The van der Waals surface area contributed by atoms with Gasteiger partial charge in [-0.25, -0.2) is 0 Å². The molecule has 2 aliphatic carbocycles. The Bertz CT molecular complexity index is 575. The summed E-state index contributed by atoms with van der Waals surface area (Å²) in [4.78, 5) is 0. The second kappa shape index (κ2) is 4.63. The molecule has 0 aromatic heterocycles. The summed E-state index contributed by atoms with van der Waals surface area (Å²) in [7, 11) is 0. The highest BCUT2D eigenvalue weighted by Gasteiger charge is 2.37. The van der Waals surface area contributed by atoms with Crippen molar-refractivity contribution in [2.24, 2.45) is 5.41 Å². The summed E-state index contributed by atoms with van der Waals surface area (Å²) in [5.41, 5.74) is 6.21. The lowest BCUT2D eigenvalue weighted by Crippen LogP contribution is -2.22. The van der Waals surface area contributed by atoms with Crippen LogP contribution in [-0.4, -0.2) is 0 Å². The smallest absolute Gasteiger partial charge is 0.0253 e. The molecule has 0 saturated carbocycles. The van der Waals surface area contributed by atoms with Crippen LogP contribution in [0.1, 0.15) is 57.1 Å². The van der Waals surface area contributed by atoms with Gasteiger partial charge in [-0.3, -0.25) is 0 Å². The van der Waals surface area contributed by atoms with E-state index in [4.69, 9.17) is 0 Å². The number of fused-ring (bicyclic) bond motifs is 1. The van der Waals surface area contributed by atoms with E-state index in [1.54, 1.807) is 5.57 Å². The third-order valence-corrected chi connectivity index (χ3v) is 5.50. The fourth-order valence-corrected chi connectivity index (χ4v) is 4.39. The molecule has 1 unspecified atom stereocenters. The van der Waals surface area contributed by atoms with Crippen molar-refractivity contribution in [1.29, 1.82) is 0 Å². The molecule has 19 heavy (non-hydrogen) atoms. The van der Waals surface area contributed by atoms with E-state index < -0.39 is 0 Å². The molecule has 0 bridgehead atoms. The summed E-state index contributed by atoms with van der Waals surface area (Å²) >= 11 is 3.71. The molecule has 1 aromatic rings. The van der Waals surface area contributed by atoms with Crippen molar-refractivity contribution in [3.05, 3.63) is 51.5 Å². The van der Waals surface area contributed by atoms with Gasteiger partial charge in [-0.2, -0.15) is 0 Å². The maximum atomic E-state index is 3.71. The van der Waals surface area contributed by atoms with Crippen LogP contribution in [0.5, 0.6) is 0 Å². The molecule has 3 rings (SSSR count). The average Bonchev–Trinajstić information content (AvgIpc) is 2.98. The molecule has 1 aromatic carbocycles. The molecule has 1 heteroatoms.